The maximum absolute atomic E-state index is 11.7. The lowest BCUT2D eigenvalue weighted by Gasteiger charge is -2.09. The quantitative estimate of drug-likeness (QED) is 0.809. The van der Waals surface area contributed by atoms with Crippen molar-refractivity contribution in [2.24, 2.45) is 0 Å². The van der Waals surface area contributed by atoms with Crippen molar-refractivity contribution in [3.8, 4) is 0 Å². The molecule has 0 bridgehead atoms. The van der Waals surface area contributed by atoms with Crippen LogP contribution in [0.4, 0.5) is 0 Å². The fourth-order valence-corrected chi connectivity index (χ4v) is 3.16. The smallest absolute Gasteiger partial charge is 0.365 e. The molecule has 0 spiro atoms. The minimum absolute atomic E-state index is 0.143. The summed E-state index contributed by atoms with van der Waals surface area (Å²) >= 11 is 0.853. The Kier molecular flexibility index (Phi) is 4.41. The zero-order valence-electron chi connectivity index (χ0n) is 9.78. The highest BCUT2D eigenvalue weighted by atomic mass is 32.2. The number of hydrogen-bond acceptors (Lipinski definition) is 6. The molecule has 0 saturated heterocycles. The summed E-state index contributed by atoms with van der Waals surface area (Å²) in [7, 11) is -0.708. The molecule has 0 saturated carbocycles. The summed E-state index contributed by atoms with van der Waals surface area (Å²) in [6.07, 6.45) is 0. The van der Waals surface area contributed by atoms with Gasteiger partial charge in [0, 0.05) is 19.5 Å². The molecule has 0 aliphatic carbocycles. The summed E-state index contributed by atoms with van der Waals surface area (Å²) in [5.74, 6) is -2.77. The first-order valence-electron chi connectivity index (χ1n) is 4.79. The van der Waals surface area contributed by atoms with Gasteiger partial charge in [-0.05, 0) is 0 Å². The molecule has 7 nitrogen and oxygen atoms in total. The van der Waals surface area contributed by atoms with Crippen molar-refractivity contribution in [1.29, 1.82) is 0 Å². The molecule has 1 amide bonds. The standard InChI is InChI=1S/C9H12N2O5S2/c1-11(2)7(12)5-18(15,16)4-6-3-17-8(10-6)9(13)14/h3H,4-5H2,1-2H3,(H,13,14). The summed E-state index contributed by atoms with van der Waals surface area (Å²) in [6, 6.07) is 0. The molecule has 100 valence electrons. The second-order valence-corrected chi connectivity index (χ2v) is 6.69. The van der Waals surface area contributed by atoms with Gasteiger partial charge in [-0.25, -0.2) is 18.2 Å². The Balaban J connectivity index is 2.76. The second-order valence-electron chi connectivity index (χ2n) is 3.77. The molecule has 18 heavy (non-hydrogen) atoms. The minimum Gasteiger partial charge on any atom is -0.476 e. The normalized spacial score (nSPS) is 11.2. The van der Waals surface area contributed by atoms with Crippen LogP contribution in [0.5, 0.6) is 0 Å². The minimum atomic E-state index is -3.63. The number of nitrogens with zero attached hydrogens (tertiary/aromatic N) is 2. The fraction of sp³-hybridized carbons (Fsp3) is 0.444. The lowest BCUT2D eigenvalue weighted by atomic mass is 10.6. The predicted octanol–water partition coefficient (Wildman–Crippen LogP) is -0.156. The summed E-state index contributed by atoms with van der Waals surface area (Å²) in [5.41, 5.74) is 0.143. The van der Waals surface area contributed by atoms with E-state index in [1.807, 2.05) is 0 Å². The van der Waals surface area contributed by atoms with Crippen LogP contribution in [0.15, 0.2) is 5.38 Å². The van der Waals surface area contributed by atoms with Crippen LogP contribution in [0.3, 0.4) is 0 Å². The van der Waals surface area contributed by atoms with Gasteiger partial charge in [0.25, 0.3) is 0 Å². The number of aromatic nitrogens is 1. The number of aromatic carboxylic acids is 1. The highest BCUT2D eigenvalue weighted by Crippen LogP contribution is 2.13. The maximum atomic E-state index is 11.7. The SMILES string of the molecule is CN(C)C(=O)CS(=O)(=O)Cc1csc(C(=O)O)n1. The molecule has 0 unspecified atom stereocenters. The van der Waals surface area contributed by atoms with E-state index < -0.39 is 33.2 Å². The van der Waals surface area contributed by atoms with Crippen LogP contribution >= 0.6 is 11.3 Å². The number of sulfone groups is 1. The molecule has 0 aliphatic heterocycles. The van der Waals surface area contributed by atoms with Crippen LogP contribution < -0.4 is 0 Å². The second kappa shape index (κ2) is 5.44. The Bertz CT molecular complexity index is 561. The number of carboxylic acid groups (broad SMARTS) is 1. The topological polar surface area (TPSA) is 105 Å². The molecule has 1 aromatic rings. The van der Waals surface area contributed by atoms with Crippen molar-refractivity contribution in [3.05, 3.63) is 16.1 Å². The molecular weight excluding hydrogens is 280 g/mol. The zero-order valence-corrected chi connectivity index (χ0v) is 11.4. The van der Waals surface area contributed by atoms with E-state index >= 15 is 0 Å². The summed E-state index contributed by atoms with van der Waals surface area (Å²) in [4.78, 5) is 26.7. The molecule has 0 radical (unpaired) electrons. The van der Waals surface area contributed by atoms with E-state index in [1.165, 1.54) is 24.4 Å². The highest BCUT2D eigenvalue weighted by Gasteiger charge is 2.20. The Morgan fingerprint density at radius 3 is 2.50 bits per heavy atom. The molecule has 1 rings (SSSR count). The van der Waals surface area contributed by atoms with E-state index in [-0.39, 0.29) is 10.7 Å². The van der Waals surface area contributed by atoms with Crippen molar-refractivity contribution < 1.29 is 23.1 Å². The largest absolute Gasteiger partial charge is 0.476 e. The van der Waals surface area contributed by atoms with E-state index in [2.05, 4.69) is 4.98 Å². The van der Waals surface area contributed by atoms with E-state index in [4.69, 9.17) is 5.11 Å². The van der Waals surface area contributed by atoms with Crippen LogP contribution in [-0.4, -0.2) is 55.1 Å². The van der Waals surface area contributed by atoms with Crippen LogP contribution in [-0.2, 0) is 20.4 Å². The van der Waals surface area contributed by atoms with Gasteiger partial charge in [-0.15, -0.1) is 11.3 Å². The van der Waals surface area contributed by atoms with Gasteiger partial charge in [0.2, 0.25) is 10.9 Å². The average molecular weight is 292 g/mol. The van der Waals surface area contributed by atoms with Gasteiger partial charge in [-0.3, -0.25) is 4.79 Å². The number of carboxylic acids is 1. The Morgan fingerprint density at radius 1 is 1.44 bits per heavy atom. The molecule has 9 heteroatoms. The summed E-state index contributed by atoms with van der Waals surface area (Å²) in [5, 5.41) is 9.85. The van der Waals surface area contributed by atoms with Crippen LogP contribution in [0.2, 0.25) is 0 Å². The van der Waals surface area contributed by atoms with E-state index in [0.717, 1.165) is 11.3 Å². The van der Waals surface area contributed by atoms with Gasteiger partial charge in [0.05, 0.1) is 11.4 Å². The highest BCUT2D eigenvalue weighted by molar-refractivity contribution is 7.91. The molecule has 0 fully saturated rings. The number of hydrogen-bond donors (Lipinski definition) is 1. The van der Waals surface area contributed by atoms with Gasteiger partial charge in [-0.2, -0.15) is 0 Å². The monoisotopic (exact) mass is 292 g/mol. The third-order valence-corrected chi connectivity index (χ3v) is 4.25. The molecule has 1 heterocycles. The van der Waals surface area contributed by atoms with Crippen molar-refractivity contribution in [2.45, 2.75) is 5.75 Å². The van der Waals surface area contributed by atoms with Crippen molar-refractivity contribution in [1.82, 2.24) is 9.88 Å². The third-order valence-electron chi connectivity index (χ3n) is 1.94. The van der Waals surface area contributed by atoms with Gasteiger partial charge < -0.3 is 10.0 Å². The Labute approximate surface area is 108 Å². The molecular formula is C9H12N2O5S2. The Hall–Kier alpha value is -1.48. The zero-order chi connectivity index (χ0) is 13.9. The van der Waals surface area contributed by atoms with Gasteiger partial charge in [-0.1, -0.05) is 0 Å². The number of rotatable bonds is 5. The first-order valence-corrected chi connectivity index (χ1v) is 7.49. The molecule has 0 aliphatic rings. The number of thiazole rings is 1. The van der Waals surface area contributed by atoms with Crippen molar-refractivity contribution >= 4 is 33.1 Å². The van der Waals surface area contributed by atoms with Crippen molar-refractivity contribution in [3.63, 3.8) is 0 Å². The predicted molar refractivity (Wildman–Crippen MR) is 65.3 cm³/mol. The lowest BCUT2D eigenvalue weighted by molar-refractivity contribution is -0.125. The van der Waals surface area contributed by atoms with Crippen LogP contribution in [0, 0.1) is 0 Å². The van der Waals surface area contributed by atoms with Crippen LogP contribution in [0.1, 0.15) is 15.5 Å². The average Bonchev–Trinajstić information content (AvgIpc) is 2.64. The number of amides is 1. The fourth-order valence-electron chi connectivity index (χ4n) is 1.07. The number of carbonyl (C=O) groups is 2. The number of carbonyl (C=O) groups excluding carboxylic acids is 1. The summed E-state index contributed by atoms with van der Waals surface area (Å²) < 4.78 is 23.3. The molecule has 1 N–H and O–H groups in total. The lowest BCUT2D eigenvalue weighted by Crippen LogP contribution is -2.29. The van der Waals surface area contributed by atoms with E-state index in [1.54, 1.807) is 0 Å². The van der Waals surface area contributed by atoms with E-state index in [9.17, 15) is 18.0 Å². The van der Waals surface area contributed by atoms with Gasteiger partial charge in [0.15, 0.2) is 9.84 Å². The van der Waals surface area contributed by atoms with Gasteiger partial charge in [0.1, 0.15) is 5.75 Å². The summed E-state index contributed by atoms with van der Waals surface area (Å²) in [6.45, 7) is 0. The first-order chi connectivity index (χ1) is 8.21. The molecule has 1 aromatic heterocycles. The van der Waals surface area contributed by atoms with Gasteiger partial charge >= 0.3 is 5.97 Å². The maximum Gasteiger partial charge on any atom is 0.365 e. The first kappa shape index (κ1) is 14.6. The molecule has 0 atom stereocenters. The third kappa shape index (κ3) is 4.08. The van der Waals surface area contributed by atoms with E-state index in [0.29, 0.717) is 0 Å². The molecule has 0 aromatic carbocycles. The van der Waals surface area contributed by atoms with Crippen molar-refractivity contribution in [2.75, 3.05) is 19.8 Å². The Morgan fingerprint density at radius 2 is 2.06 bits per heavy atom. The van der Waals surface area contributed by atoms with Crippen LogP contribution in [0.25, 0.3) is 0 Å².